The fourth-order valence-electron chi connectivity index (χ4n) is 7.17. The van der Waals surface area contributed by atoms with Crippen LogP contribution in [0.25, 0.3) is 17.1 Å². The number of hydrogen-bond acceptors (Lipinski definition) is 8. The van der Waals surface area contributed by atoms with Crippen LogP contribution in [0.2, 0.25) is 15.1 Å². The number of amides is 3. The van der Waals surface area contributed by atoms with Gasteiger partial charge < -0.3 is 29.4 Å². The standard InChI is InChI=1S/C46H48Cl2N6O6Si/c1-31(55)51-40-24-20-32(28-49-40)21-25-41(56)50-29-42(57)53(5)37-23-22-36(47)35(43(37)48)30-59-39-19-13-18-38-44(39)52-45(58-6)54(38)26-27-60-61(46(2,3)4,33-14-9-7-10-15-33)34-16-11-8-12-17-34/h7-25,28H,26-27,29-30H2,1-6H3,(H,50,56)(H,49,51,55). The van der Waals surface area contributed by atoms with Gasteiger partial charge in [0.1, 0.15) is 23.7 Å². The summed E-state index contributed by atoms with van der Waals surface area (Å²) in [5.41, 5.74) is 2.87. The fraction of sp³-hybridized carbons (Fsp3) is 0.239. The van der Waals surface area contributed by atoms with E-state index in [0.29, 0.717) is 58.1 Å². The number of hydrogen-bond donors (Lipinski definition) is 2. The molecule has 0 saturated heterocycles. The van der Waals surface area contributed by atoms with Gasteiger partial charge in [-0.3, -0.25) is 19.0 Å². The molecule has 0 spiro atoms. The first-order valence-electron chi connectivity index (χ1n) is 19.6. The molecule has 61 heavy (non-hydrogen) atoms. The topological polar surface area (TPSA) is 137 Å². The van der Waals surface area contributed by atoms with Crippen LogP contribution >= 0.6 is 23.2 Å². The van der Waals surface area contributed by atoms with Crippen LogP contribution in [-0.4, -0.2) is 67.9 Å². The number of nitrogens with zero attached hydrogens (tertiary/aromatic N) is 4. The van der Waals surface area contributed by atoms with Gasteiger partial charge in [-0.05, 0) is 63.4 Å². The van der Waals surface area contributed by atoms with Gasteiger partial charge in [-0.2, -0.15) is 4.98 Å². The Bertz CT molecular complexity index is 2490. The smallest absolute Gasteiger partial charge is 0.297 e. The second-order valence-electron chi connectivity index (χ2n) is 15.2. The molecule has 0 bridgehead atoms. The molecule has 0 aliphatic rings. The lowest BCUT2D eigenvalue weighted by molar-refractivity contribution is -0.122. The third-order valence-corrected chi connectivity index (χ3v) is 16.0. The Labute approximate surface area is 366 Å². The van der Waals surface area contributed by atoms with Gasteiger partial charge in [0, 0.05) is 43.4 Å². The minimum Gasteiger partial charge on any atom is -0.486 e. The van der Waals surface area contributed by atoms with Crippen LogP contribution in [0.15, 0.2) is 115 Å². The number of nitrogens with one attached hydrogen (secondary N) is 2. The lowest BCUT2D eigenvalue weighted by atomic mass is 10.2. The van der Waals surface area contributed by atoms with E-state index in [4.69, 9.17) is 42.1 Å². The largest absolute Gasteiger partial charge is 0.486 e. The summed E-state index contributed by atoms with van der Waals surface area (Å²) in [4.78, 5) is 47.2. The molecule has 0 aliphatic heterocycles. The summed E-state index contributed by atoms with van der Waals surface area (Å²) in [6.45, 7) is 8.69. The maximum Gasteiger partial charge on any atom is 0.297 e. The summed E-state index contributed by atoms with van der Waals surface area (Å²) in [6, 6.07) is 33.7. The monoisotopic (exact) mass is 878 g/mol. The highest BCUT2D eigenvalue weighted by Gasteiger charge is 2.50. The highest BCUT2D eigenvalue weighted by molar-refractivity contribution is 6.99. The molecule has 4 aromatic carbocycles. The number of benzene rings is 4. The Morgan fingerprint density at radius 1 is 0.902 bits per heavy atom. The first-order valence-corrected chi connectivity index (χ1v) is 22.2. The van der Waals surface area contributed by atoms with Gasteiger partial charge in [-0.15, -0.1) is 0 Å². The second kappa shape index (κ2) is 19.6. The third kappa shape index (κ3) is 10.1. The minimum atomic E-state index is -2.78. The van der Waals surface area contributed by atoms with Crippen molar-refractivity contribution in [1.82, 2.24) is 19.9 Å². The number of methoxy groups -OCH3 is 1. The molecule has 2 heterocycles. The van der Waals surface area contributed by atoms with Gasteiger partial charge in [-0.25, -0.2) is 4.98 Å². The summed E-state index contributed by atoms with van der Waals surface area (Å²) in [5, 5.41) is 7.95. The van der Waals surface area contributed by atoms with Gasteiger partial charge in [0.05, 0.1) is 36.5 Å². The van der Waals surface area contributed by atoms with Crippen molar-refractivity contribution in [3.05, 3.63) is 137 Å². The molecule has 3 amide bonds. The lowest BCUT2D eigenvalue weighted by Crippen LogP contribution is -2.66. The average molecular weight is 880 g/mol. The molecular weight excluding hydrogens is 832 g/mol. The molecule has 6 rings (SSSR count). The Kier molecular flexibility index (Phi) is 14.3. The van der Waals surface area contributed by atoms with Crippen LogP contribution in [-0.2, 0) is 32.0 Å². The summed E-state index contributed by atoms with van der Waals surface area (Å²) < 4.78 is 21.3. The molecule has 6 aromatic rings. The van der Waals surface area contributed by atoms with E-state index in [9.17, 15) is 14.4 Å². The van der Waals surface area contributed by atoms with E-state index in [1.165, 1.54) is 34.5 Å². The number of likely N-dealkylation sites (N-methyl/N-ethyl adjacent to an activating group) is 1. The molecule has 15 heteroatoms. The number of carbonyl (C=O) groups is 3. The number of ether oxygens (including phenoxy) is 2. The number of para-hydroxylation sites is 1. The number of imidazole rings is 1. The first kappa shape index (κ1) is 44.6. The summed E-state index contributed by atoms with van der Waals surface area (Å²) in [6.07, 6.45) is 4.34. The highest BCUT2D eigenvalue weighted by atomic mass is 35.5. The minimum absolute atomic E-state index is 0.0268. The number of fused-ring (bicyclic) bond motifs is 1. The van der Waals surface area contributed by atoms with E-state index in [-0.39, 0.29) is 29.1 Å². The van der Waals surface area contributed by atoms with Crippen LogP contribution in [0.4, 0.5) is 11.5 Å². The lowest BCUT2D eigenvalue weighted by Gasteiger charge is -2.43. The molecule has 0 fully saturated rings. The van der Waals surface area contributed by atoms with E-state index < -0.39 is 20.1 Å². The molecule has 0 saturated carbocycles. The maximum atomic E-state index is 13.2. The molecule has 2 aromatic heterocycles. The van der Waals surface area contributed by atoms with Crippen molar-refractivity contribution in [1.29, 1.82) is 0 Å². The third-order valence-electron chi connectivity index (χ3n) is 10.1. The van der Waals surface area contributed by atoms with Crippen molar-refractivity contribution in [3.63, 3.8) is 0 Å². The number of carbonyl (C=O) groups excluding carboxylic acids is 3. The van der Waals surface area contributed by atoms with Gasteiger partial charge in [0.25, 0.3) is 14.3 Å². The predicted molar refractivity (Wildman–Crippen MR) is 245 cm³/mol. The molecule has 0 unspecified atom stereocenters. The highest BCUT2D eigenvalue weighted by Crippen LogP contribution is 2.38. The van der Waals surface area contributed by atoms with E-state index in [0.717, 1.165) is 5.52 Å². The molecule has 316 valence electrons. The number of pyridine rings is 1. The Balaban J connectivity index is 1.14. The van der Waals surface area contributed by atoms with Crippen LogP contribution in [0.3, 0.4) is 0 Å². The molecule has 12 nitrogen and oxygen atoms in total. The number of halogens is 2. The zero-order chi connectivity index (χ0) is 43.7. The average Bonchev–Trinajstić information content (AvgIpc) is 3.62. The van der Waals surface area contributed by atoms with E-state index in [1.54, 1.807) is 44.5 Å². The van der Waals surface area contributed by atoms with Crippen LogP contribution in [0.1, 0.15) is 38.8 Å². The van der Waals surface area contributed by atoms with Crippen molar-refractivity contribution in [2.75, 3.05) is 37.5 Å². The summed E-state index contributed by atoms with van der Waals surface area (Å²) in [5.74, 6) is -0.254. The zero-order valence-electron chi connectivity index (χ0n) is 34.9. The molecule has 0 aliphatic carbocycles. The van der Waals surface area contributed by atoms with E-state index >= 15 is 0 Å². The first-order chi connectivity index (χ1) is 29.2. The Hall–Kier alpha value is -5.99. The van der Waals surface area contributed by atoms with Gasteiger partial charge in [-0.1, -0.05) is 111 Å². The van der Waals surface area contributed by atoms with Gasteiger partial charge >= 0.3 is 0 Å². The normalized spacial score (nSPS) is 11.7. The molecule has 0 radical (unpaired) electrons. The molecule has 0 atom stereocenters. The SMILES string of the molecule is COc1nc2c(OCc3c(Cl)ccc(N(C)C(=O)CNC(=O)C=Cc4ccc(NC(C)=O)nc4)c3Cl)cccc2n1CCO[Si](c1ccccc1)(c1ccccc1)C(C)(C)C. The Morgan fingerprint density at radius 2 is 1.59 bits per heavy atom. The van der Waals surface area contributed by atoms with Crippen LogP contribution in [0, 0.1) is 0 Å². The van der Waals surface area contributed by atoms with E-state index in [2.05, 4.69) is 84.9 Å². The zero-order valence-corrected chi connectivity index (χ0v) is 37.4. The van der Waals surface area contributed by atoms with Crippen molar-refractivity contribution in [2.24, 2.45) is 0 Å². The van der Waals surface area contributed by atoms with Crippen molar-refractivity contribution < 1.29 is 28.3 Å². The predicted octanol–water partition coefficient (Wildman–Crippen LogP) is 7.65. The van der Waals surface area contributed by atoms with E-state index in [1.807, 2.05) is 34.9 Å². The summed E-state index contributed by atoms with van der Waals surface area (Å²) >= 11 is 13.5. The fourth-order valence-corrected chi connectivity index (χ4v) is 12.3. The second-order valence-corrected chi connectivity index (χ2v) is 20.3. The Morgan fingerprint density at radius 3 is 2.20 bits per heavy atom. The van der Waals surface area contributed by atoms with Crippen molar-refractivity contribution in [2.45, 2.75) is 45.9 Å². The maximum absolute atomic E-state index is 13.2. The van der Waals surface area contributed by atoms with Gasteiger partial charge in [0.15, 0.2) is 0 Å². The summed E-state index contributed by atoms with van der Waals surface area (Å²) in [7, 11) is 0.362. The van der Waals surface area contributed by atoms with Crippen molar-refractivity contribution >= 4 is 88.2 Å². The van der Waals surface area contributed by atoms with Crippen LogP contribution in [0.5, 0.6) is 11.8 Å². The van der Waals surface area contributed by atoms with Gasteiger partial charge in [0.2, 0.25) is 17.7 Å². The number of anilines is 2. The van der Waals surface area contributed by atoms with Crippen LogP contribution < -0.4 is 35.4 Å². The van der Waals surface area contributed by atoms with Crippen molar-refractivity contribution in [3.8, 4) is 11.8 Å². The molecule has 2 N–H and O–H groups in total. The number of rotatable bonds is 16. The number of aromatic nitrogens is 3. The molecular formula is C46H48Cl2N6O6Si. The quantitative estimate of drug-likeness (QED) is 0.0748.